The maximum Gasteiger partial charge on any atom is 0.258 e. The maximum absolute atomic E-state index is 11.4. The number of aromatic nitrogens is 2. The van der Waals surface area contributed by atoms with Gasteiger partial charge in [0.1, 0.15) is 0 Å². The molecule has 0 atom stereocenters. The summed E-state index contributed by atoms with van der Waals surface area (Å²) in [5.74, 6) is 0.469. The molecule has 0 saturated carbocycles. The Labute approximate surface area is 86.1 Å². The van der Waals surface area contributed by atoms with Gasteiger partial charge >= 0.3 is 0 Å². The van der Waals surface area contributed by atoms with E-state index in [1.54, 1.807) is 13.0 Å². The summed E-state index contributed by atoms with van der Waals surface area (Å²) in [6.07, 6.45) is 2.18. The molecule has 0 spiro atoms. The molecule has 76 valence electrons. The highest BCUT2D eigenvalue weighted by molar-refractivity contribution is 7.99. The van der Waals surface area contributed by atoms with E-state index in [-0.39, 0.29) is 11.4 Å². The molecule has 0 saturated heterocycles. The van der Waals surface area contributed by atoms with Crippen molar-refractivity contribution in [2.24, 2.45) is 0 Å². The number of nitrogens with one attached hydrogen (secondary N) is 1. The van der Waals surface area contributed by atoms with Gasteiger partial charge in [-0.15, -0.1) is 6.58 Å². The topological polar surface area (TPSA) is 66.0 Å². The predicted molar refractivity (Wildman–Crippen MR) is 56.8 cm³/mol. The number of hydrogen-bond donors (Lipinski definition) is 2. The van der Waals surface area contributed by atoms with Crippen LogP contribution in [0.5, 0.6) is 5.88 Å². The zero-order chi connectivity index (χ0) is 10.6. The fourth-order valence-electron chi connectivity index (χ4n) is 0.991. The van der Waals surface area contributed by atoms with Crippen LogP contribution in [0.3, 0.4) is 0 Å². The van der Waals surface area contributed by atoms with E-state index < -0.39 is 0 Å². The molecule has 0 aromatic carbocycles. The van der Waals surface area contributed by atoms with Crippen LogP contribution in [-0.4, -0.2) is 20.8 Å². The van der Waals surface area contributed by atoms with E-state index in [0.29, 0.717) is 22.9 Å². The SMILES string of the molecule is C=CCSc1nc(O)c(CC)c(=O)[nH]1. The molecule has 0 bridgehead atoms. The lowest BCUT2D eigenvalue weighted by Gasteiger charge is -2.02. The van der Waals surface area contributed by atoms with Crippen LogP contribution in [0.4, 0.5) is 0 Å². The highest BCUT2D eigenvalue weighted by Crippen LogP contribution is 2.16. The number of thioether (sulfide) groups is 1. The lowest BCUT2D eigenvalue weighted by Crippen LogP contribution is -2.14. The van der Waals surface area contributed by atoms with Gasteiger partial charge in [0, 0.05) is 5.75 Å². The smallest absolute Gasteiger partial charge is 0.258 e. The van der Waals surface area contributed by atoms with E-state index >= 15 is 0 Å². The molecule has 4 nitrogen and oxygen atoms in total. The third-order valence-electron chi connectivity index (χ3n) is 1.66. The summed E-state index contributed by atoms with van der Waals surface area (Å²) in [5, 5.41) is 9.82. The summed E-state index contributed by atoms with van der Waals surface area (Å²) in [7, 11) is 0. The molecule has 0 unspecified atom stereocenters. The van der Waals surface area contributed by atoms with Crippen LogP contribution in [0.25, 0.3) is 0 Å². The number of aromatic amines is 1. The van der Waals surface area contributed by atoms with Crippen molar-refractivity contribution in [3.8, 4) is 5.88 Å². The number of hydrogen-bond acceptors (Lipinski definition) is 4. The first-order valence-electron chi connectivity index (χ1n) is 4.24. The molecule has 1 aromatic heterocycles. The Kier molecular flexibility index (Phi) is 3.76. The lowest BCUT2D eigenvalue weighted by molar-refractivity contribution is 0.436. The molecule has 0 aliphatic carbocycles. The van der Waals surface area contributed by atoms with Gasteiger partial charge in [0.15, 0.2) is 5.16 Å². The van der Waals surface area contributed by atoms with E-state index in [9.17, 15) is 9.90 Å². The van der Waals surface area contributed by atoms with Crippen LogP contribution in [0.1, 0.15) is 12.5 Å². The molecule has 0 amide bonds. The molecule has 0 radical (unpaired) electrons. The molecular formula is C9H12N2O2S. The summed E-state index contributed by atoms with van der Waals surface area (Å²) < 4.78 is 0. The number of nitrogens with zero attached hydrogens (tertiary/aromatic N) is 1. The van der Waals surface area contributed by atoms with Crippen molar-refractivity contribution in [1.82, 2.24) is 9.97 Å². The molecule has 1 heterocycles. The summed E-state index contributed by atoms with van der Waals surface area (Å²) in [6, 6.07) is 0. The van der Waals surface area contributed by atoms with Crippen LogP contribution >= 0.6 is 11.8 Å². The molecule has 0 aliphatic rings. The summed E-state index contributed by atoms with van der Waals surface area (Å²) in [6.45, 7) is 5.35. The Balaban J connectivity index is 3.01. The first kappa shape index (κ1) is 10.8. The molecule has 0 fully saturated rings. The maximum atomic E-state index is 11.4. The third kappa shape index (κ3) is 2.38. The minimum atomic E-state index is -0.272. The monoisotopic (exact) mass is 212 g/mol. The van der Waals surface area contributed by atoms with Gasteiger partial charge in [0.2, 0.25) is 5.88 Å². The van der Waals surface area contributed by atoms with E-state index in [4.69, 9.17) is 0 Å². The zero-order valence-electron chi connectivity index (χ0n) is 7.91. The molecule has 1 aromatic rings. The van der Waals surface area contributed by atoms with E-state index in [0.717, 1.165) is 0 Å². The number of rotatable bonds is 4. The average Bonchev–Trinajstić information content (AvgIpc) is 2.14. The van der Waals surface area contributed by atoms with Crippen molar-refractivity contribution >= 4 is 11.8 Å². The van der Waals surface area contributed by atoms with E-state index in [2.05, 4.69) is 16.5 Å². The molecule has 5 heteroatoms. The zero-order valence-corrected chi connectivity index (χ0v) is 8.73. The van der Waals surface area contributed by atoms with Crippen molar-refractivity contribution in [3.05, 3.63) is 28.6 Å². The summed E-state index contributed by atoms with van der Waals surface area (Å²) in [5.41, 5.74) is 0.0551. The normalized spacial score (nSPS) is 10.1. The van der Waals surface area contributed by atoms with Gasteiger partial charge in [-0.2, -0.15) is 4.98 Å². The second-order valence-corrected chi connectivity index (χ2v) is 3.64. The number of H-pyrrole nitrogens is 1. The van der Waals surface area contributed by atoms with Crippen LogP contribution in [-0.2, 0) is 6.42 Å². The van der Waals surface area contributed by atoms with Gasteiger partial charge < -0.3 is 10.1 Å². The second kappa shape index (κ2) is 4.85. The predicted octanol–water partition coefficient (Wildman–Crippen LogP) is 1.32. The highest BCUT2D eigenvalue weighted by Gasteiger charge is 2.07. The standard InChI is InChI=1S/C9H12N2O2S/c1-3-5-14-9-10-7(12)6(4-2)8(13)11-9/h3H,1,4-5H2,2H3,(H2,10,11,12,13). The molecule has 1 rings (SSSR count). The first-order chi connectivity index (χ1) is 6.69. The molecule has 14 heavy (non-hydrogen) atoms. The van der Waals surface area contributed by atoms with Crippen molar-refractivity contribution in [2.75, 3.05) is 5.75 Å². The molecule has 0 aliphatic heterocycles. The van der Waals surface area contributed by atoms with Gasteiger partial charge in [-0.05, 0) is 6.42 Å². The Bertz CT molecular complexity index is 387. The fourth-order valence-corrected chi connectivity index (χ4v) is 1.58. The molecular weight excluding hydrogens is 200 g/mol. The second-order valence-electron chi connectivity index (χ2n) is 2.63. The van der Waals surface area contributed by atoms with Gasteiger partial charge in [-0.1, -0.05) is 24.8 Å². The molecule has 2 N–H and O–H groups in total. The Hall–Kier alpha value is -1.23. The van der Waals surface area contributed by atoms with Crippen molar-refractivity contribution in [1.29, 1.82) is 0 Å². The third-order valence-corrected chi connectivity index (χ3v) is 2.53. The minimum absolute atomic E-state index is 0.178. The van der Waals surface area contributed by atoms with Gasteiger partial charge in [0.25, 0.3) is 5.56 Å². The van der Waals surface area contributed by atoms with Gasteiger partial charge in [0.05, 0.1) is 5.56 Å². The van der Waals surface area contributed by atoms with Crippen LogP contribution in [0.15, 0.2) is 22.6 Å². The first-order valence-corrected chi connectivity index (χ1v) is 5.23. The Morgan fingerprint density at radius 3 is 2.93 bits per heavy atom. The van der Waals surface area contributed by atoms with E-state index in [1.807, 2.05) is 0 Å². The fraction of sp³-hybridized carbons (Fsp3) is 0.333. The quantitative estimate of drug-likeness (QED) is 0.449. The summed E-state index contributed by atoms with van der Waals surface area (Å²) in [4.78, 5) is 17.8. The van der Waals surface area contributed by atoms with E-state index in [1.165, 1.54) is 11.8 Å². The van der Waals surface area contributed by atoms with Gasteiger partial charge in [-0.25, -0.2) is 0 Å². The summed E-state index contributed by atoms with van der Waals surface area (Å²) >= 11 is 1.32. The van der Waals surface area contributed by atoms with Crippen LogP contribution in [0.2, 0.25) is 0 Å². The van der Waals surface area contributed by atoms with Crippen LogP contribution < -0.4 is 5.56 Å². The Morgan fingerprint density at radius 1 is 1.71 bits per heavy atom. The van der Waals surface area contributed by atoms with Crippen molar-refractivity contribution in [2.45, 2.75) is 18.5 Å². The van der Waals surface area contributed by atoms with Crippen molar-refractivity contribution in [3.63, 3.8) is 0 Å². The van der Waals surface area contributed by atoms with Crippen LogP contribution in [0, 0.1) is 0 Å². The number of aromatic hydroxyl groups is 1. The lowest BCUT2D eigenvalue weighted by atomic mass is 10.2. The van der Waals surface area contributed by atoms with Gasteiger partial charge in [-0.3, -0.25) is 4.79 Å². The Morgan fingerprint density at radius 2 is 2.43 bits per heavy atom. The average molecular weight is 212 g/mol. The minimum Gasteiger partial charge on any atom is -0.493 e. The highest BCUT2D eigenvalue weighted by atomic mass is 32.2. The largest absolute Gasteiger partial charge is 0.493 e. The van der Waals surface area contributed by atoms with Crippen molar-refractivity contribution < 1.29 is 5.11 Å².